The molecule has 2 N–H and O–H groups in total. The van der Waals surface area contributed by atoms with Crippen molar-refractivity contribution >= 4 is 27.8 Å². The first-order valence-corrected chi connectivity index (χ1v) is 7.02. The molecular formula is C13H15BrN2O4. The highest BCUT2D eigenvalue weighted by atomic mass is 79.9. The lowest BCUT2D eigenvalue weighted by atomic mass is 9.99. The summed E-state index contributed by atoms with van der Waals surface area (Å²) in [5.74, 6) is -2.04. The summed E-state index contributed by atoms with van der Waals surface area (Å²) in [5, 5.41) is 9.08. The predicted octanol–water partition coefficient (Wildman–Crippen LogP) is 1.24. The zero-order valence-corrected chi connectivity index (χ0v) is 12.7. The van der Waals surface area contributed by atoms with Gasteiger partial charge in [0.25, 0.3) is 11.5 Å². The van der Waals surface area contributed by atoms with Crippen LogP contribution < -0.4 is 5.56 Å². The second-order valence-electron chi connectivity index (χ2n) is 5.12. The number of carboxylic acid groups (broad SMARTS) is 1. The van der Waals surface area contributed by atoms with Crippen LogP contribution in [0, 0.1) is 18.8 Å². The van der Waals surface area contributed by atoms with Crippen molar-refractivity contribution in [2.24, 2.45) is 11.8 Å². The van der Waals surface area contributed by atoms with E-state index in [0.29, 0.717) is 16.7 Å². The Labute approximate surface area is 123 Å². The molecule has 1 aromatic rings. The zero-order chi connectivity index (χ0) is 15.0. The summed E-state index contributed by atoms with van der Waals surface area (Å²) in [7, 11) is 0. The first-order chi connectivity index (χ1) is 9.31. The molecule has 6 nitrogen and oxygen atoms in total. The number of amides is 1. The van der Waals surface area contributed by atoms with Gasteiger partial charge in [0.2, 0.25) is 0 Å². The largest absolute Gasteiger partial charge is 0.481 e. The number of aliphatic carboxylic acids is 1. The minimum absolute atomic E-state index is 0.0284. The molecule has 0 spiro atoms. The van der Waals surface area contributed by atoms with E-state index in [-0.39, 0.29) is 18.0 Å². The van der Waals surface area contributed by atoms with Crippen molar-refractivity contribution < 1.29 is 14.7 Å². The summed E-state index contributed by atoms with van der Waals surface area (Å²) >= 11 is 3.27. The first-order valence-electron chi connectivity index (χ1n) is 6.22. The second-order valence-corrected chi connectivity index (χ2v) is 5.97. The summed E-state index contributed by atoms with van der Waals surface area (Å²) < 4.78 is 0.641. The van der Waals surface area contributed by atoms with E-state index in [1.54, 1.807) is 13.8 Å². The SMILES string of the molecule is Cc1[nH]c(=O)c(C(=O)N2C[C@@H](C)[C@H](C(=O)O)C2)cc1Br. The van der Waals surface area contributed by atoms with Crippen molar-refractivity contribution in [3.05, 3.63) is 32.2 Å². The van der Waals surface area contributed by atoms with Crippen molar-refractivity contribution in [2.45, 2.75) is 13.8 Å². The molecule has 108 valence electrons. The van der Waals surface area contributed by atoms with E-state index in [2.05, 4.69) is 20.9 Å². The Morgan fingerprint density at radius 1 is 1.45 bits per heavy atom. The first kappa shape index (κ1) is 14.8. The Bertz CT molecular complexity index is 625. The fourth-order valence-electron chi connectivity index (χ4n) is 2.38. The number of aryl methyl sites for hydroxylation is 1. The molecule has 1 aliphatic rings. The predicted molar refractivity (Wildman–Crippen MR) is 75.7 cm³/mol. The van der Waals surface area contributed by atoms with Gasteiger partial charge in [0, 0.05) is 23.3 Å². The van der Waals surface area contributed by atoms with Gasteiger partial charge in [-0.15, -0.1) is 0 Å². The van der Waals surface area contributed by atoms with Crippen LogP contribution in [0.4, 0.5) is 0 Å². The van der Waals surface area contributed by atoms with E-state index >= 15 is 0 Å². The van der Waals surface area contributed by atoms with Crippen LogP contribution >= 0.6 is 15.9 Å². The van der Waals surface area contributed by atoms with E-state index in [0.717, 1.165) is 0 Å². The molecule has 20 heavy (non-hydrogen) atoms. The number of aromatic amines is 1. The number of carbonyl (C=O) groups excluding carboxylic acids is 1. The molecule has 0 aromatic carbocycles. The molecule has 0 radical (unpaired) electrons. The van der Waals surface area contributed by atoms with Crippen LogP contribution in [0.5, 0.6) is 0 Å². The normalized spacial score (nSPS) is 22.1. The topological polar surface area (TPSA) is 90.5 Å². The quantitative estimate of drug-likeness (QED) is 0.845. The van der Waals surface area contributed by atoms with Crippen molar-refractivity contribution in [3.63, 3.8) is 0 Å². The minimum atomic E-state index is -0.910. The molecule has 1 saturated heterocycles. The van der Waals surface area contributed by atoms with Gasteiger partial charge in [-0.05, 0) is 34.8 Å². The van der Waals surface area contributed by atoms with Crippen molar-refractivity contribution in [3.8, 4) is 0 Å². The van der Waals surface area contributed by atoms with Crippen LogP contribution in [0.1, 0.15) is 23.0 Å². The molecule has 0 aliphatic carbocycles. The molecule has 2 rings (SSSR count). The Morgan fingerprint density at radius 3 is 2.65 bits per heavy atom. The third-order valence-electron chi connectivity index (χ3n) is 3.62. The molecule has 1 amide bonds. The molecule has 1 aromatic heterocycles. The highest BCUT2D eigenvalue weighted by molar-refractivity contribution is 9.10. The van der Waals surface area contributed by atoms with Crippen LogP contribution in [0.2, 0.25) is 0 Å². The molecule has 2 heterocycles. The summed E-state index contributed by atoms with van der Waals surface area (Å²) in [5.41, 5.74) is 0.215. The Kier molecular flexibility index (Phi) is 3.99. The maximum atomic E-state index is 12.3. The van der Waals surface area contributed by atoms with Gasteiger partial charge in [0.1, 0.15) is 5.56 Å². The third-order valence-corrected chi connectivity index (χ3v) is 4.45. The van der Waals surface area contributed by atoms with E-state index in [4.69, 9.17) is 5.11 Å². The standard InChI is InChI=1S/C13H15BrN2O4/c1-6-4-16(5-9(6)13(19)20)12(18)8-3-10(14)7(2)15-11(8)17/h3,6,9H,4-5H2,1-2H3,(H,15,17)(H,19,20)/t6-,9-/m1/s1. The summed E-state index contributed by atoms with van der Waals surface area (Å²) in [6.45, 7) is 4.00. The molecule has 0 bridgehead atoms. The lowest BCUT2D eigenvalue weighted by Gasteiger charge is -2.15. The molecular weight excluding hydrogens is 328 g/mol. The van der Waals surface area contributed by atoms with Crippen molar-refractivity contribution in [2.75, 3.05) is 13.1 Å². The van der Waals surface area contributed by atoms with E-state index in [9.17, 15) is 14.4 Å². The lowest BCUT2D eigenvalue weighted by Crippen LogP contribution is -2.34. The number of rotatable bonds is 2. The van der Waals surface area contributed by atoms with Gasteiger partial charge in [-0.1, -0.05) is 6.92 Å². The Hall–Kier alpha value is -1.63. The van der Waals surface area contributed by atoms with E-state index in [1.807, 2.05) is 0 Å². The number of pyridine rings is 1. The van der Waals surface area contributed by atoms with Crippen LogP contribution in [-0.4, -0.2) is 40.0 Å². The summed E-state index contributed by atoms with van der Waals surface area (Å²) in [6.07, 6.45) is 0. The number of carboxylic acids is 1. The fourth-order valence-corrected chi connectivity index (χ4v) is 2.71. The van der Waals surface area contributed by atoms with Gasteiger partial charge in [0.15, 0.2) is 0 Å². The summed E-state index contributed by atoms with van der Waals surface area (Å²) in [6, 6.07) is 1.48. The number of hydrogen-bond acceptors (Lipinski definition) is 3. The van der Waals surface area contributed by atoms with Crippen LogP contribution in [0.3, 0.4) is 0 Å². The van der Waals surface area contributed by atoms with Crippen molar-refractivity contribution in [1.29, 1.82) is 0 Å². The molecule has 1 fully saturated rings. The number of aromatic nitrogens is 1. The van der Waals surface area contributed by atoms with Gasteiger partial charge in [-0.25, -0.2) is 0 Å². The number of halogens is 1. The lowest BCUT2D eigenvalue weighted by molar-refractivity contribution is -0.142. The minimum Gasteiger partial charge on any atom is -0.481 e. The summed E-state index contributed by atoms with van der Waals surface area (Å²) in [4.78, 5) is 39.3. The van der Waals surface area contributed by atoms with Gasteiger partial charge < -0.3 is 15.0 Å². The van der Waals surface area contributed by atoms with Crippen molar-refractivity contribution in [1.82, 2.24) is 9.88 Å². The molecule has 7 heteroatoms. The number of carbonyl (C=O) groups is 2. The highest BCUT2D eigenvalue weighted by Gasteiger charge is 2.37. The number of nitrogens with zero attached hydrogens (tertiary/aromatic N) is 1. The molecule has 1 aliphatic heterocycles. The number of hydrogen-bond donors (Lipinski definition) is 2. The molecule has 2 atom stereocenters. The van der Waals surface area contributed by atoms with Crippen LogP contribution in [-0.2, 0) is 4.79 Å². The Morgan fingerprint density at radius 2 is 2.10 bits per heavy atom. The Balaban J connectivity index is 2.28. The number of H-pyrrole nitrogens is 1. The third kappa shape index (κ3) is 2.63. The van der Waals surface area contributed by atoms with E-state index in [1.165, 1.54) is 11.0 Å². The molecule has 0 saturated carbocycles. The number of likely N-dealkylation sites (tertiary alicyclic amines) is 1. The van der Waals surface area contributed by atoms with E-state index < -0.39 is 23.4 Å². The van der Waals surface area contributed by atoms with Gasteiger partial charge in [-0.2, -0.15) is 0 Å². The average molecular weight is 343 g/mol. The van der Waals surface area contributed by atoms with Gasteiger partial charge >= 0.3 is 5.97 Å². The smallest absolute Gasteiger partial charge is 0.308 e. The highest BCUT2D eigenvalue weighted by Crippen LogP contribution is 2.24. The van der Waals surface area contributed by atoms with Gasteiger partial charge in [-0.3, -0.25) is 14.4 Å². The maximum Gasteiger partial charge on any atom is 0.308 e. The maximum absolute atomic E-state index is 12.3. The average Bonchev–Trinajstić information content (AvgIpc) is 2.75. The molecule has 0 unspecified atom stereocenters. The second kappa shape index (κ2) is 5.40. The van der Waals surface area contributed by atoms with Crippen LogP contribution in [0.25, 0.3) is 0 Å². The monoisotopic (exact) mass is 342 g/mol. The number of nitrogens with one attached hydrogen (secondary N) is 1. The van der Waals surface area contributed by atoms with Gasteiger partial charge in [0.05, 0.1) is 5.92 Å². The zero-order valence-electron chi connectivity index (χ0n) is 11.1. The fraction of sp³-hybridized carbons (Fsp3) is 0.462. The van der Waals surface area contributed by atoms with Crippen LogP contribution in [0.15, 0.2) is 15.3 Å².